The number of nitrogens with zero attached hydrogens (tertiary/aromatic N) is 1. The van der Waals surface area contributed by atoms with E-state index in [4.69, 9.17) is 21.1 Å². The molecule has 0 atom stereocenters. The number of ether oxygens (including phenoxy) is 2. The summed E-state index contributed by atoms with van der Waals surface area (Å²) in [4.78, 5) is 39.4. The van der Waals surface area contributed by atoms with Crippen LogP contribution in [0.25, 0.3) is 6.08 Å². The van der Waals surface area contributed by atoms with E-state index in [0.717, 1.165) is 43.2 Å². The van der Waals surface area contributed by atoms with Crippen LogP contribution in [0.15, 0.2) is 42.0 Å². The number of rotatable bonds is 7. The molecule has 1 N–H and O–H groups in total. The van der Waals surface area contributed by atoms with Crippen LogP contribution in [0, 0.1) is 6.92 Å². The lowest BCUT2D eigenvalue weighted by Gasteiger charge is -2.35. The quantitative estimate of drug-likeness (QED) is 0.408. The van der Waals surface area contributed by atoms with Crippen LogP contribution in [0.4, 0.5) is 4.79 Å². The number of carbonyl (C=O) groups is 3. The van der Waals surface area contributed by atoms with Crippen LogP contribution < -0.4 is 14.8 Å². The van der Waals surface area contributed by atoms with Crippen LogP contribution in [0.3, 0.4) is 0 Å². The summed E-state index contributed by atoms with van der Waals surface area (Å²) in [7, 11) is 0. The molecule has 1 aliphatic heterocycles. The van der Waals surface area contributed by atoms with Gasteiger partial charge in [-0.25, -0.2) is 4.79 Å². The summed E-state index contributed by atoms with van der Waals surface area (Å²) in [5, 5.41) is 2.60. The first-order valence-corrected chi connectivity index (χ1v) is 12.3. The molecule has 1 saturated heterocycles. The number of imide groups is 2. The van der Waals surface area contributed by atoms with Crippen molar-refractivity contribution in [2.75, 3.05) is 6.61 Å². The van der Waals surface area contributed by atoms with Gasteiger partial charge in [0.1, 0.15) is 12.2 Å². The Hall–Kier alpha value is -3.32. The number of aryl methyl sites for hydroxylation is 1. The molecule has 2 aromatic rings. The Balaban J connectivity index is 1.61. The Bertz CT molecular complexity index is 1150. The highest BCUT2D eigenvalue weighted by atomic mass is 35.5. The van der Waals surface area contributed by atoms with Crippen molar-refractivity contribution in [3.05, 3.63) is 63.7 Å². The predicted molar refractivity (Wildman–Crippen MR) is 133 cm³/mol. The molecule has 4 amide bonds. The molecule has 2 fully saturated rings. The molecule has 0 bridgehead atoms. The molecule has 2 aliphatic rings. The standard InChI is InChI=1S/C27H29ClN2O5/c1-3-34-23-15-19(14-22(28)24(23)35-16-18-11-9-17(2)10-12-18)13-21-25(31)29-27(33)30(26(21)32)20-7-5-4-6-8-20/h9-15,20H,3-8,16H2,1-2H3,(H,29,31,33). The second-order valence-electron chi connectivity index (χ2n) is 8.82. The average Bonchev–Trinajstić information content (AvgIpc) is 2.83. The number of amides is 4. The maximum absolute atomic E-state index is 13.2. The molecular weight excluding hydrogens is 468 g/mol. The monoisotopic (exact) mass is 496 g/mol. The van der Waals surface area contributed by atoms with E-state index >= 15 is 0 Å². The summed E-state index contributed by atoms with van der Waals surface area (Å²) in [5.41, 5.74) is 2.53. The Morgan fingerprint density at radius 2 is 1.77 bits per heavy atom. The fourth-order valence-corrected chi connectivity index (χ4v) is 4.70. The van der Waals surface area contributed by atoms with E-state index in [2.05, 4.69) is 5.32 Å². The van der Waals surface area contributed by atoms with Gasteiger partial charge in [-0.1, -0.05) is 60.7 Å². The molecular formula is C27H29ClN2O5. The molecule has 1 saturated carbocycles. The van der Waals surface area contributed by atoms with Gasteiger partial charge in [-0.15, -0.1) is 0 Å². The Labute approximate surface area is 210 Å². The van der Waals surface area contributed by atoms with Gasteiger partial charge in [0.15, 0.2) is 11.5 Å². The van der Waals surface area contributed by atoms with Gasteiger partial charge in [0, 0.05) is 6.04 Å². The molecule has 7 nitrogen and oxygen atoms in total. The highest BCUT2D eigenvalue weighted by Gasteiger charge is 2.40. The smallest absolute Gasteiger partial charge is 0.331 e. The van der Waals surface area contributed by atoms with Gasteiger partial charge in [-0.3, -0.25) is 19.8 Å². The van der Waals surface area contributed by atoms with Gasteiger partial charge in [0.25, 0.3) is 11.8 Å². The van der Waals surface area contributed by atoms with Crippen molar-refractivity contribution in [1.29, 1.82) is 0 Å². The van der Waals surface area contributed by atoms with E-state index in [-0.39, 0.29) is 11.6 Å². The summed E-state index contributed by atoms with van der Waals surface area (Å²) < 4.78 is 11.7. The SMILES string of the molecule is CCOc1cc(C=C2C(=O)NC(=O)N(C3CCCCC3)C2=O)cc(Cl)c1OCc1ccc(C)cc1. The fourth-order valence-electron chi connectivity index (χ4n) is 4.42. The number of hydrogen-bond donors (Lipinski definition) is 1. The second-order valence-corrected chi connectivity index (χ2v) is 9.23. The molecule has 0 radical (unpaired) electrons. The molecule has 0 aromatic heterocycles. The number of benzene rings is 2. The molecule has 0 spiro atoms. The lowest BCUT2D eigenvalue weighted by Crippen LogP contribution is -2.58. The van der Waals surface area contributed by atoms with Crippen LogP contribution in [-0.4, -0.2) is 35.4 Å². The van der Waals surface area contributed by atoms with Crippen LogP contribution >= 0.6 is 11.6 Å². The number of barbiturate groups is 1. The normalized spacial score (nSPS) is 18.1. The van der Waals surface area contributed by atoms with Crippen LogP contribution in [0.2, 0.25) is 5.02 Å². The van der Waals surface area contributed by atoms with Crippen LogP contribution in [0.1, 0.15) is 55.7 Å². The minimum atomic E-state index is -0.721. The van der Waals surface area contributed by atoms with E-state index in [1.165, 1.54) is 11.0 Å². The van der Waals surface area contributed by atoms with Crippen molar-refractivity contribution >= 4 is 35.5 Å². The molecule has 8 heteroatoms. The topological polar surface area (TPSA) is 84.9 Å². The van der Waals surface area contributed by atoms with Gasteiger partial charge in [-0.05, 0) is 56.0 Å². The Morgan fingerprint density at radius 3 is 2.46 bits per heavy atom. The fraction of sp³-hybridized carbons (Fsp3) is 0.370. The number of hydrogen-bond acceptors (Lipinski definition) is 5. The van der Waals surface area contributed by atoms with Gasteiger partial charge in [-0.2, -0.15) is 0 Å². The minimum Gasteiger partial charge on any atom is -0.490 e. The zero-order chi connectivity index (χ0) is 24.9. The third kappa shape index (κ3) is 5.68. The predicted octanol–water partition coefficient (Wildman–Crippen LogP) is 5.42. The van der Waals surface area contributed by atoms with E-state index < -0.39 is 17.8 Å². The minimum absolute atomic E-state index is 0.109. The van der Waals surface area contributed by atoms with Gasteiger partial charge >= 0.3 is 6.03 Å². The Morgan fingerprint density at radius 1 is 1.06 bits per heavy atom. The van der Waals surface area contributed by atoms with E-state index in [1.807, 2.05) is 38.1 Å². The summed E-state index contributed by atoms with van der Waals surface area (Å²) in [6.07, 6.45) is 5.91. The molecule has 184 valence electrons. The lowest BCUT2D eigenvalue weighted by atomic mass is 9.93. The number of nitrogens with one attached hydrogen (secondary N) is 1. The first kappa shape index (κ1) is 24.8. The van der Waals surface area contributed by atoms with E-state index in [0.29, 0.717) is 35.3 Å². The molecule has 0 unspecified atom stereocenters. The molecule has 4 rings (SSSR count). The molecule has 35 heavy (non-hydrogen) atoms. The van der Waals surface area contributed by atoms with E-state index in [9.17, 15) is 14.4 Å². The zero-order valence-electron chi connectivity index (χ0n) is 19.9. The van der Waals surface area contributed by atoms with Crippen molar-refractivity contribution < 1.29 is 23.9 Å². The van der Waals surface area contributed by atoms with Crippen molar-refractivity contribution in [3.8, 4) is 11.5 Å². The van der Waals surface area contributed by atoms with Crippen molar-refractivity contribution in [2.45, 2.75) is 58.6 Å². The first-order chi connectivity index (χ1) is 16.9. The molecule has 1 heterocycles. The van der Waals surface area contributed by atoms with Crippen LogP contribution in [-0.2, 0) is 16.2 Å². The highest BCUT2D eigenvalue weighted by Crippen LogP contribution is 2.38. The summed E-state index contributed by atoms with van der Waals surface area (Å²) in [5.74, 6) is -0.516. The maximum atomic E-state index is 13.2. The number of carbonyl (C=O) groups excluding carboxylic acids is 3. The first-order valence-electron chi connectivity index (χ1n) is 11.9. The maximum Gasteiger partial charge on any atom is 0.331 e. The zero-order valence-corrected chi connectivity index (χ0v) is 20.7. The van der Waals surface area contributed by atoms with Crippen LogP contribution in [0.5, 0.6) is 11.5 Å². The summed E-state index contributed by atoms with van der Waals surface area (Å²) in [6.45, 7) is 4.54. The number of halogens is 1. The van der Waals surface area contributed by atoms with Gasteiger partial charge in [0.2, 0.25) is 0 Å². The van der Waals surface area contributed by atoms with Crippen molar-refractivity contribution in [1.82, 2.24) is 10.2 Å². The molecule has 2 aromatic carbocycles. The van der Waals surface area contributed by atoms with Gasteiger partial charge < -0.3 is 9.47 Å². The Kier molecular flexibility index (Phi) is 7.76. The third-order valence-electron chi connectivity index (χ3n) is 6.22. The summed E-state index contributed by atoms with van der Waals surface area (Å²) >= 11 is 6.54. The van der Waals surface area contributed by atoms with E-state index in [1.54, 1.807) is 12.1 Å². The average molecular weight is 497 g/mol. The van der Waals surface area contributed by atoms with Gasteiger partial charge in [0.05, 0.1) is 11.6 Å². The van der Waals surface area contributed by atoms with Crippen molar-refractivity contribution in [3.63, 3.8) is 0 Å². The number of urea groups is 1. The second kappa shape index (κ2) is 11.0. The van der Waals surface area contributed by atoms with Crippen molar-refractivity contribution in [2.24, 2.45) is 0 Å². The lowest BCUT2D eigenvalue weighted by molar-refractivity contribution is -0.132. The summed E-state index contributed by atoms with van der Waals surface area (Å²) in [6, 6.07) is 10.4. The highest BCUT2D eigenvalue weighted by molar-refractivity contribution is 6.33. The largest absolute Gasteiger partial charge is 0.490 e. The molecule has 1 aliphatic carbocycles. The third-order valence-corrected chi connectivity index (χ3v) is 6.50.